The Balaban J connectivity index is 1.69. The van der Waals surface area contributed by atoms with Crippen LogP contribution >= 0.6 is 0 Å². The third-order valence-electron chi connectivity index (χ3n) is 4.51. The van der Waals surface area contributed by atoms with Gasteiger partial charge in [-0.25, -0.2) is 4.98 Å². The SMILES string of the molecule is COc1ccc(CNC(=O)Cc2coc3cc(C)c(C(C)C)cc23)cn1. The van der Waals surface area contributed by atoms with Crippen molar-refractivity contribution in [2.75, 3.05) is 7.11 Å². The van der Waals surface area contributed by atoms with Crippen LogP contribution in [0.4, 0.5) is 0 Å². The Morgan fingerprint density at radius 2 is 2.12 bits per heavy atom. The molecule has 3 aromatic rings. The Hall–Kier alpha value is -2.82. The van der Waals surface area contributed by atoms with Crippen LogP contribution in [0.2, 0.25) is 0 Å². The lowest BCUT2D eigenvalue weighted by Crippen LogP contribution is -2.24. The number of hydrogen-bond acceptors (Lipinski definition) is 4. The molecule has 0 atom stereocenters. The number of methoxy groups -OCH3 is 1. The van der Waals surface area contributed by atoms with Gasteiger partial charge in [0.15, 0.2) is 0 Å². The maximum absolute atomic E-state index is 12.3. The molecule has 0 fully saturated rings. The minimum Gasteiger partial charge on any atom is -0.481 e. The lowest BCUT2D eigenvalue weighted by Gasteiger charge is -2.10. The fourth-order valence-corrected chi connectivity index (χ4v) is 3.08. The van der Waals surface area contributed by atoms with Crippen LogP contribution in [0.5, 0.6) is 5.88 Å². The quantitative estimate of drug-likeness (QED) is 0.724. The highest BCUT2D eigenvalue weighted by Gasteiger charge is 2.14. The molecule has 26 heavy (non-hydrogen) atoms. The van der Waals surface area contributed by atoms with Gasteiger partial charge in [-0.2, -0.15) is 0 Å². The number of ether oxygens (including phenoxy) is 1. The summed E-state index contributed by atoms with van der Waals surface area (Å²) in [6, 6.07) is 7.86. The summed E-state index contributed by atoms with van der Waals surface area (Å²) in [5.41, 5.74) is 5.16. The fourth-order valence-electron chi connectivity index (χ4n) is 3.08. The Kier molecular flexibility index (Phi) is 5.26. The number of fused-ring (bicyclic) bond motifs is 1. The Bertz CT molecular complexity index is 911. The van der Waals surface area contributed by atoms with Gasteiger partial charge < -0.3 is 14.5 Å². The Morgan fingerprint density at radius 1 is 1.31 bits per heavy atom. The van der Waals surface area contributed by atoms with Crippen molar-refractivity contribution < 1.29 is 13.9 Å². The summed E-state index contributed by atoms with van der Waals surface area (Å²) >= 11 is 0. The molecule has 0 bridgehead atoms. The van der Waals surface area contributed by atoms with Crippen molar-refractivity contribution in [1.82, 2.24) is 10.3 Å². The number of carbonyl (C=O) groups is 1. The van der Waals surface area contributed by atoms with Gasteiger partial charge in [-0.05, 0) is 41.7 Å². The van der Waals surface area contributed by atoms with Crippen molar-refractivity contribution in [3.05, 3.63) is 59.0 Å². The molecule has 0 radical (unpaired) electrons. The van der Waals surface area contributed by atoms with Crippen LogP contribution in [-0.2, 0) is 17.8 Å². The molecule has 2 aromatic heterocycles. The minimum absolute atomic E-state index is 0.0461. The summed E-state index contributed by atoms with van der Waals surface area (Å²) in [5.74, 6) is 0.940. The third kappa shape index (κ3) is 3.87. The van der Waals surface area contributed by atoms with Gasteiger partial charge >= 0.3 is 0 Å². The molecule has 0 unspecified atom stereocenters. The average Bonchev–Trinajstić information content (AvgIpc) is 3.01. The van der Waals surface area contributed by atoms with Crippen LogP contribution < -0.4 is 10.1 Å². The van der Waals surface area contributed by atoms with Crippen molar-refractivity contribution in [3.63, 3.8) is 0 Å². The molecule has 1 N–H and O–H groups in total. The summed E-state index contributed by atoms with van der Waals surface area (Å²) in [7, 11) is 1.57. The van der Waals surface area contributed by atoms with Crippen molar-refractivity contribution >= 4 is 16.9 Å². The molecule has 0 aliphatic rings. The number of aromatic nitrogens is 1. The van der Waals surface area contributed by atoms with Crippen molar-refractivity contribution in [3.8, 4) is 5.88 Å². The number of nitrogens with one attached hydrogen (secondary N) is 1. The number of furan rings is 1. The molecule has 3 rings (SSSR count). The van der Waals surface area contributed by atoms with Gasteiger partial charge in [-0.3, -0.25) is 4.79 Å². The van der Waals surface area contributed by atoms with E-state index in [4.69, 9.17) is 9.15 Å². The number of hydrogen-bond donors (Lipinski definition) is 1. The van der Waals surface area contributed by atoms with E-state index in [9.17, 15) is 4.79 Å². The van der Waals surface area contributed by atoms with Gasteiger partial charge in [0.25, 0.3) is 0 Å². The number of rotatable bonds is 6. The molecule has 0 saturated carbocycles. The highest BCUT2D eigenvalue weighted by molar-refractivity contribution is 5.88. The van der Waals surface area contributed by atoms with Gasteiger partial charge in [0.1, 0.15) is 5.58 Å². The number of amides is 1. The monoisotopic (exact) mass is 352 g/mol. The first-order valence-electron chi connectivity index (χ1n) is 8.74. The van der Waals surface area contributed by atoms with E-state index in [1.54, 1.807) is 25.6 Å². The molecular weight excluding hydrogens is 328 g/mol. The molecule has 1 amide bonds. The average molecular weight is 352 g/mol. The van der Waals surface area contributed by atoms with Crippen LogP contribution in [-0.4, -0.2) is 18.0 Å². The number of pyridine rings is 1. The predicted molar refractivity (Wildman–Crippen MR) is 101 cm³/mol. The van der Waals surface area contributed by atoms with Gasteiger partial charge in [-0.1, -0.05) is 19.9 Å². The Labute approximate surface area is 153 Å². The highest BCUT2D eigenvalue weighted by atomic mass is 16.5. The lowest BCUT2D eigenvalue weighted by atomic mass is 9.95. The largest absolute Gasteiger partial charge is 0.481 e. The van der Waals surface area contributed by atoms with Crippen LogP contribution in [0, 0.1) is 6.92 Å². The third-order valence-corrected chi connectivity index (χ3v) is 4.51. The topological polar surface area (TPSA) is 64.4 Å². The summed E-state index contributed by atoms with van der Waals surface area (Å²) < 4.78 is 10.7. The standard InChI is InChI=1S/C21H24N2O3/c1-13(2)17-9-18-16(12-26-19(18)7-14(17)3)8-20(24)22-10-15-5-6-21(25-4)23-11-15/h5-7,9,11-13H,8,10H2,1-4H3,(H,22,24). The van der Waals surface area contributed by atoms with Crippen molar-refractivity contribution in [2.45, 2.75) is 39.7 Å². The Morgan fingerprint density at radius 3 is 2.77 bits per heavy atom. The second-order valence-electron chi connectivity index (χ2n) is 6.78. The smallest absolute Gasteiger partial charge is 0.224 e. The zero-order chi connectivity index (χ0) is 18.7. The van der Waals surface area contributed by atoms with Gasteiger partial charge in [0.05, 0.1) is 19.8 Å². The fraction of sp³-hybridized carbons (Fsp3) is 0.333. The van der Waals surface area contributed by atoms with E-state index in [2.05, 4.69) is 43.2 Å². The van der Waals surface area contributed by atoms with Crippen LogP contribution in [0.1, 0.15) is 42.0 Å². The maximum atomic E-state index is 12.3. The molecule has 0 saturated heterocycles. The number of nitrogens with zero attached hydrogens (tertiary/aromatic N) is 1. The number of aryl methyl sites for hydroxylation is 1. The van der Waals surface area contributed by atoms with E-state index in [-0.39, 0.29) is 12.3 Å². The number of benzene rings is 1. The molecule has 1 aromatic carbocycles. The molecule has 0 spiro atoms. The second kappa shape index (κ2) is 7.60. The summed E-state index contributed by atoms with van der Waals surface area (Å²) in [6.45, 7) is 6.86. The van der Waals surface area contributed by atoms with Gasteiger partial charge in [-0.15, -0.1) is 0 Å². The lowest BCUT2D eigenvalue weighted by molar-refractivity contribution is -0.120. The first-order chi connectivity index (χ1) is 12.5. The van der Waals surface area contributed by atoms with E-state index >= 15 is 0 Å². The van der Waals surface area contributed by atoms with Crippen LogP contribution in [0.15, 0.2) is 41.1 Å². The zero-order valence-corrected chi connectivity index (χ0v) is 15.6. The summed E-state index contributed by atoms with van der Waals surface area (Å²) in [4.78, 5) is 16.5. The zero-order valence-electron chi connectivity index (χ0n) is 15.6. The van der Waals surface area contributed by atoms with Crippen LogP contribution in [0.25, 0.3) is 11.0 Å². The van der Waals surface area contributed by atoms with Gasteiger partial charge in [0.2, 0.25) is 11.8 Å². The molecule has 2 heterocycles. The first-order valence-corrected chi connectivity index (χ1v) is 8.74. The molecule has 0 aliphatic heterocycles. The van der Waals surface area contributed by atoms with Crippen LogP contribution in [0.3, 0.4) is 0 Å². The van der Waals surface area contributed by atoms with E-state index < -0.39 is 0 Å². The van der Waals surface area contributed by atoms with E-state index in [1.165, 1.54) is 11.1 Å². The van der Waals surface area contributed by atoms with Gasteiger partial charge in [0, 0.05) is 29.8 Å². The van der Waals surface area contributed by atoms with E-state index in [0.717, 1.165) is 22.1 Å². The minimum atomic E-state index is -0.0461. The molecule has 5 nitrogen and oxygen atoms in total. The highest BCUT2D eigenvalue weighted by Crippen LogP contribution is 2.29. The van der Waals surface area contributed by atoms with Crippen molar-refractivity contribution in [1.29, 1.82) is 0 Å². The number of carbonyl (C=O) groups excluding carboxylic acids is 1. The second-order valence-corrected chi connectivity index (χ2v) is 6.78. The molecule has 136 valence electrons. The maximum Gasteiger partial charge on any atom is 0.224 e. The first kappa shape index (κ1) is 18.0. The summed E-state index contributed by atoms with van der Waals surface area (Å²) in [5, 5.41) is 3.94. The molecule has 0 aliphatic carbocycles. The molecule has 5 heteroatoms. The van der Waals surface area contributed by atoms with E-state index in [0.29, 0.717) is 18.3 Å². The summed E-state index contributed by atoms with van der Waals surface area (Å²) in [6.07, 6.45) is 3.67. The normalized spacial score (nSPS) is 11.1. The van der Waals surface area contributed by atoms with Crippen molar-refractivity contribution in [2.24, 2.45) is 0 Å². The molecular formula is C21H24N2O3. The predicted octanol–water partition coefficient (Wildman–Crippen LogP) is 4.13. The van der Waals surface area contributed by atoms with E-state index in [1.807, 2.05) is 6.07 Å².